The molecular formula is C19H30N2O4. The van der Waals surface area contributed by atoms with Crippen LogP contribution in [-0.4, -0.2) is 49.5 Å². The van der Waals surface area contributed by atoms with E-state index in [1.54, 1.807) is 19.1 Å². The van der Waals surface area contributed by atoms with Gasteiger partial charge in [0.2, 0.25) is 0 Å². The van der Waals surface area contributed by atoms with E-state index in [2.05, 4.69) is 0 Å². The van der Waals surface area contributed by atoms with Gasteiger partial charge in [-0.2, -0.15) is 0 Å². The molecule has 1 aliphatic rings. The van der Waals surface area contributed by atoms with Crippen LogP contribution in [0.15, 0.2) is 24.3 Å². The number of carbonyl (C=O) groups excluding carboxylic acids is 1. The van der Waals surface area contributed by atoms with E-state index in [1.807, 2.05) is 24.3 Å². The molecular weight excluding hydrogens is 320 g/mol. The van der Waals surface area contributed by atoms with Crippen LogP contribution in [0.1, 0.15) is 44.1 Å². The summed E-state index contributed by atoms with van der Waals surface area (Å²) in [4.78, 5) is 13.6. The number of aliphatic hydroxyl groups is 1. The number of methoxy groups -OCH3 is 2. The Balaban J connectivity index is 2.34. The minimum atomic E-state index is -1.16. The van der Waals surface area contributed by atoms with Crippen molar-refractivity contribution in [1.82, 2.24) is 4.90 Å². The number of likely N-dealkylation sites (tertiary alicyclic amines) is 1. The molecule has 1 aromatic rings. The van der Waals surface area contributed by atoms with Crippen LogP contribution < -0.4 is 10.5 Å². The summed E-state index contributed by atoms with van der Waals surface area (Å²) >= 11 is 0. The molecule has 0 saturated carbocycles. The molecule has 1 saturated heterocycles. The number of urea groups is 1. The molecule has 0 radical (unpaired) electrons. The summed E-state index contributed by atoms with van der Waals surface area (Å²) in [5.41, 5.74) is 5.21. The van der Waals surface area contributed by atoms with Crippen LogP contribution in [-0.2, 0) is 10.3 Å². The first-order valence-electron chi connectivity index (χ1n) is 8.95. The Morgan fingerprint density at radius 3 is 2.84 bits per heavy atom. The van der Waals surface area contributed by atoms with Crippen LogP contribution in [0.25, 0.3) is 0 Å². The normalized spacial score (nSPS) is 20.1. The highest BCUT2D eigenvalue weighted by Crippen LogP contribution is 2.39. The van der Waals surface area contributed by atoms with Crippen LogP contribution in [0.2, 0.25) is 0 Å². The molecule has 2 amide bonds. The second kappa shape index (κ2) is 9.06. The van der Waals surface area contributed by atoms with Gasteiger partial charge in [-0.05, 0) is 56.2 Å². The van der Waals surface area contributed by atoms with Crippen molar-refractivity contribution in [3.63, 3.8) is 0 Å². The highest BCUT2D eigenvalue weighted by atomic mass is 16.5. The lowest BCUT2D eigenvalue weighted by atomic mass is 9.77. The lowest BCUT2D eigenvalue weighted by Gasteiger charge is -2.45. The monoisotopic (exact) mass is 350 g/mol. The summed E-state index contributed by atoms with van der Waals surface area (Å²) in [6, 6.07) is 6.67. The standard InChI is InChI=1S/C19H30N2O4/c1-24-13-6-4-11-19(23,15-8-7-9-16(14-15)25-2)17-10-3-5-12-21(17)18(20)22/h7-9,14,17,23H,3-6,10-13H2,1-2H3,(H2,20,22)/t17?,19-/m0/s1. The summed E-state index contributed by atoms with van der Waals surface area (Å²) in [6.45, 7) is 1.24. The fourth-order valence-electron chi connectivity index (χ4n) is 3.73. The molecule has 6 nitrogen and oxygen atoms in total. The molecule has 3 N–H and O–H groups in total. The summed E-state index contributed by atoms with van der Waals surface area (Å²) in [5.74, 6) is 0.689. The summed E-state index contributed by atoms with van der Waals surface area (Å²) < 4.78 is 10.4. The maximum absolute atomic E-state index is 11.9. The van der Waals surface area contributed by atoms with Crippen molar-refractivity contribution in [1.29, 1.82) is 0 Å². The van der Waals surface area contributed by atoms with Gasteiger partial charge in [0.05, 0.1) is 13.2 Å². The molecule has 1 unspecified atom stereocenters. The summed E-state index contributed by atoms with van der Waals surface area (Å²) in [6.07, 6.45) is 4.81. The van der Waals surface area contributed by atoms with E-state index in [-0.39, 0.29) is 6.04 Å². The molecule has 1 aromatic carbocycles. The van der Waals surface area contributed by atoms with Crippen molar-refractivity contribution in [2.45, 2.75) is 50.2 Å². The minimum absolute atomic E-state index is 0.326. The number of nitrogens with zero attached hydrogens (tertiary/aromatic N) is 1. The molecule has 1 heterocycles. The van der Waals surface area contributed by atoms with Crippen molar-refractivity contribution in [3.05, 3.63) is 29.8 Å². The Morgan fingerprint density at radius 2 is 2.16 bits per heavy atom. The van der Waals surface area contributed by atoms with Crippen LogP contribution in [0, 0.1) is 0 Å². The third kappa shape index (κ3) is 4.64. The SMILES string of the molecule is COCCCC[C@](O)(c1cccc(OC)c1)C1CCCCN1C(N)=O. The summed E-state index contributed by atoms with van der Waals surface area (Å²) in [7, 11) is 3.28. The predicted molar refractivity (Wildman–Crippen MR) is 96.5 cm³/mol. The lowest BCUT2D eigenvalue weighted by Crippen LogP contribution is -2.56. The molecule has 2 rings (SSSR count). The minimum Gasteiger partial charge on any atom is -0.497 e. The van der Waals surface area contributed by atoms with Gasteiger partial charge in [0, 0.05) is 20.3 Å². The fourth-order valence-corrected chi connectivity index (χ4v) is 3.73. The third-order valence-corrected chi connectivity index (χ3v) is 5.06. The molecule has 0 bridgehead atoms. The van der Waals surface area contributed by atoms with Gasteiger partial charge < -0.3 is 25.2 Å². The van der Waals surface area contributed by atoms with Crippen LogP contribution in [0.4, 0.5) is 4.79 Å². The zero-order chi connectivity index (χ0) is 18.3. The van der Waals surface area contributed by atoms with Crippen LogP contribution in [0.5, 0.6) is 5.75 Å². The Labute approximate surface area is 149 Å². The number of hydrogen-bond acceptors (Lipinski definition) is 4. The van der Waals surface area contributed by atoms with E-state index in [0.717, 1.165) is 37.7 Å². The summed E-state index contributed by atoms with van der Waals surface area (Å²) in [5, 5.41) is 11.7. The zero-order valence-electron chi connectivity index (χ0n) is 15.2. The van der Waals surface area contributed by atoms with Crippen LogP contribution in [0.3, 0.4) is 0 Å². The number of hydrogen-bond donors (Lipinski definition) is 2. The number of rotatable bonds is 8. The number of carbonyl (C=O) groups is 1. The highest BCUT2D eigenvalue weighted by Gasteiger charge is 2.43. The molecule has 0 aliphatic carbocycles. The molecule has 0 spiro atoms. The van der Waals surface area contributed by atoms with E-state index >= 15 is 0 Å². The number of ether oxygens (including phenoxy) is 2. The molecule has 1 fully saturated rings. The van der Waals surface area contributed by atoms with Crippen molar-refractivity contribution in [2.24, 2.45) is 5.73 Å². The Morgan fingerprint density at radius 1 is 1.36 bits per heavy atom. The van der Waals surface area contributed by atoms with Gasteiger partial charge in [0.1, 0.15) is 11.4 Å². The van der Waals surface area contributed by atoms with Crippen LogP contribution >= 0.6 is 0 Å². The molecule has 1 aliphatic heterocycles. The molecule has 0 aromatic heterocycles. The molecule has 6 heteroatoms. The van der Waals surface area contributed by atoms with Gasteiger partial charge in [-0.25, -0.2) is 4.79 Å². The number of piperidine rings is 1. The first-order valence-corrected chi connectivity index (χ1v) is 8.95. The average molecular weight is 350 g/mol. The predicted octanol–water partition coefficient (Wildman–Crippen LogP) is 2.63. The van der Waals surface area contributed by atoms with Gasteiger partial charge in [0.15, 0.2) is 0 Å². The average Bonchev–Trinajstić information content (AvgIpc) is 2.65. The topological polar surface area (TPSA) is 85.0 Å². The van der Waals surface area contributed by atoms with E-state index in [0.29, 0.717) is 25.3 Å². The highest BCUT2D eigenvalue weighted by molar-refractivity contribution is 5.72. The number of benzene rings is 1. The van der Waals surface area contributed by atoms with Gasteiger partial charge >= 0.3 is 6.03 Å². The second-order valence-electron chi connectivity index (χ2n) is 6.65. The largest absolute Gasteiger partial charge is 0.497 e. The van der Waals surface area contributed by atoms with Gasteiger partial charge in [-0.15, -0.1) is 0 Å². The first-order chi connectivity index (χ1) is 12.0. The molecule has 140 valence electrons. The van der Waals surface area contributed by atoms with Gasteiger partial charge in [-0.1, -0.05) is 12.1 Å². The quantitative estimate of drug-likeness (QED) is 0.706. The van der Waals surface area contributed by atoms with Crippen molar-refractivity contribution in [2.75, 3.05) is 27.4 Å². The Kier molecular flexibility index (Phi) is 7.08. The van der Waals surface area contributed by atoms with Gasteiger partial charge in [-0.3, -0.25) is 0 Å². The Bertz CT molecular complexity index is 566. The lowest BCUT2D eigenvalue weighted by molar-refractivity contribution is -0.0604. The van der Waals surface area contributed by atoms with E-state index in [4.69, 9.17) is 15.2 Å². The van der Waals surface area contributed by atoms with Crippen molar-refractivity contribution >= 4 is 6.03 Å². The van der Waals surface area contributed by atoms with E-state index < -0.39 is 11.6 Å². The fraction of sp³-hybridized carbons (Fsp3) is 0.632. The number of amides is 2. The number of unbranched alkanes of at least 4 members (excludes halogenated alkanes) is 1. The van der Waals surface area contributed by atoms with E-state index in [1.165, 1.54) is 0 Å². The molecule has 2 atom stereocenters. The third-order valence-electron chi connectivity index (χ3n) is 5.06. The number of nitrogens with two attached hydrogens (primary N) is 1. The first kappa shape index (κ1) is 19.5. The maximum atomic E-state index is 11.9. The van der Waals surface area contributed by atoms with Crippen molar-refractivity contribution in [3.8, 4) is 5.75 Å². The maximum Gasteiger partial charge on any atom is 0.315 e. The molecule has 25 heavy (non-hydrogen) atoms. The van der Waals surface area contributed by atoms with E-state index in [9.17, 15) is 9.90 Å². The second-order valence-corrected chi connectivity index (χ2v) is 6.65. The smallest absolute Gasteiger partial charge is 0.315 e. The van der Waals surface area contributed by atoms with Crippen molar-refractivity contribution < 1.29 is 19.4 Å². The van der Waals surface area contributed by atoms with Gasteiger partial charge in [0.25, 0.3) is 0 Å². The Hall–Kier alpha value is -1.79. The number of primary amides is 1. The zero-order valence-corrected chi connectivity index (χ0v) is 15.2.